The van der Waals surface area contributed by atoms with E-state index >= 15 is 0 Å². The van der Waals surface area contributed by atoms with E-state index in [0.29, 0.717) is 5.75 Å². The summed E-state index contributed by atoms with van der Waals surface area (Å²) in [4.78, 5) is 4.14. The molecule has 3 aromatic rings. The van der Waals surface area contributed by atoms with Crippen LogP contribution in [0.15, 0.2) is 96.8 Å². The molecule has 0 spiro atoms. The van der Waals surface area contributed by atoms with Crippen molar-refractivity contribution in [3.63, 3.8) is 0 Å². The predicted molar refractivity (Wildman–Crippen MR) is 98.3 cm³/mol. The second kappa shape index (κ2) is 9.97. The van der Waals surface area contributed by atoms with Gasteiger partial charge in [-0.3, -0.25) is 0 Å². The second-order valence-electron chi connectivity index (χ2n) is 4.43. The number of thiazole rings is 1. The lowest BCUT2D eigenvalue weighted by atomic mass is 10.3. The zero-order chi connectivity index (χ0) is 16.2. The van der Waals surface area contributed by atoms with Gasteiger partial charge in [-0.2, -0.15) is 0 Å². The lowest BCUT2D eigenvalue weighted by Crippen LogP contribution is -1.87. The molecule has 4 rings (SSSR count). The van der Waals surface area contributed by atoms with Crippen molar-refractivity contribution in [1.82, 2.24) is 10.3 Å². The molecular formula is C19H18N2OS. The first kappa shape index (κ1) is 16.5. The summed E-state index contributed by atoms with van der Waals surface area (Å²) >= 11 is 1.68. The first-order valence-corrected chi connectivity index (χ1v) is 8.01. The van der Waals surface area contributed by atoms with E-state index in [0.717, 1.165) is 5.52 Å². The van der Waals surface area contributed by atoms with Crippen LogP contribution in [0.1, 0.15) is 0 Å². The molecule has 1 aliphatic heterocycles. The highest BCUT2D eigenvalue weighted by molar-refractivity contribution is 7.16. The van der Waals surface area contributed by atoms with Gasteiger partial charge in [-0.1, -0.05) is 42.5 Å². The third-order valence-electron chi connectivity index (χ3n) is 2.71. The van der Waals surface area contributed by atoms with E-state index in [1.54, 1.807) is 35.6 Å². The molecule has 4 heteroatoms. The number of phenolic OH excluding ortho intramolecular Hbond substituents is 1. The van der Waals surface area contributed by atoms with E-state index in [9.17, 15) is 0 Å². The number of nitrogens with one attached hydrogen (secondary N) is 1. The Labute approximate surface area is 140 Å². The zero-order valence-corrected chi connectivity index (χ0v) is 13.4. The van der Waals surface area contributed by atoms with Crippen LogP contribution in [0.2, 0.25) is 0 Å². The molecule has 0 aliphatic carbocycles. The summed E-state index contributed by atoms with van der Waals surface area (Å²) in [5.74, 6) is 0.322. The van der Waals surface area contributed by atoms with Crippen molar-refractivity contribution in [3.8, 4) is 5.75 Å². The highest BCUT2D eigenvalue weighted by atomic mass is 32.1. The summed E-state index contributed by atoms with van der Waals surface area (Å²) in [5, 5.41) is 11.6. The standard InChI is InChI=1S/C7H5NS.C6H7N.C6H6O/c1-2-4-7-6(3-1)8-5-9-7;1-2-4-6-7-5-3-1;7-6-4-2-1-3-5-6/h1-5H;1-7H;1-5,7H. The minimum Gasteiger partial charge on any atom is -0.508 e. The smallest absolute Gasteiger partial charge is 0.115 e. The van der Waals surface area contributed by atoms with Crippen LogP contribution in [-0.4, -0.2) is 10.1 Å². The fraction of sp³-hybridized carbons (Fsp3) is 0. The van der Waals surface area contributed by atoms with Crippen LogP contribution in [0.25, 0.3) is 10.2 Å². The Morgan fingerprint density at radius 1 is 0.783 bits per heavy atom. The van der Waals surface area contributed by atoms with Gasteiger partial charge in [0.2, 0.25) is 0 Å². The molecule has 1 aliphatic rings. The van der Waals surface area contributed by atoms with E-state index in [-0.39, 0.29) is 0 Å². The molecule has 0 amide bonds. The van der Waals surface area contributed by atoms with Crippen LogP contribution < -0.4 is 5.32 Å². The Hall–Kier alpha value is -2.85. The Balaban J connectivity index is 0.000000127. The minimum atomic E-state index is 0.322. The summed E-state index contributed by atoms with van der Waals surface area (Å²) in [7, 11) is 0. The SMILES string of the molecule is C1=CC=CNC=C1.Oc1ccccc1.c1ccc2scnc2c1. The average molecular weight is 322 g/mol. The maximum absolute atomic E-state index is 8.63. The number of nitrogens with zero attached hydrogens (tertiary/aromatic N) is 1. The fourth-order valence-electron chi connectivity index (χ4n) is 1.64. The molecule has 2 aromatic carbocycles. The third-order valence-corrected chi connectivity index (χ3v) is 3.52. The Morgan fingerprint density at radius 2 is 1.43 bits per heavy atom. The van der Waals surface area contributed by atoms with Gasteiger partial charge in [-0.15, -0.1) is 11.3 Å². The first-order chi connectivity index (χ1) is 11.4. The summed E-state index contributed by atoms with van der Waals surface area (Å²) in [5.41, 5.74) is 2.97. The number of aromatic hydroxyl groups is 1. The second-order valence-corrected chi connectivity index (χ2v) is 5.31. The molecule has 2 N–H and O–H groups in total. The van der Waals surface area contributed by atoms with Crippen LogP contribution >= 0.6 is 11.3 Å². The van der Waals surface area contributed by atoms with Crippen LogP contribution in [-0.2, 0) is 0 Å². The normalized spacial score (nSPS) is 11.5. The van der Waals surface area contributed by atoms with Crippen molar-refractivity contribution in [2.24, 2.45) is 0 Å². The van der Waals surface area contributed by atoms with Crippen LogP contribution in [0.5, 0.6) is 5.75 Å². The molecule has 0 unspecified atom stereocenters. The lowest BCUT2D eigenvalue weighted by Gasteiger charge is -1.82. The number of fused-ring (bicyclic) bond motifs is 1. The quantitative estimate of drug-likeness (QED) is 0.621. The number of rotatable bonds is 0. The van der Waals surface area contributed by atoms with Crippen molar-refractivity contribution in [2.75, 3.05) is 0 Å². The van der Waals surface area contributed by atoms with Crippen LogP contribution in [0.4, 0.5) is 0 Å². The van der Waals surface area contributed by atoms with E-state index in [1.165, 1.54) is 4.70 Å². The number of benzene rings is 2. The van der Waals surface area contributed by atoms with Gasteiger partial charge < -0.3 is 10.4 Å². The molecule has 23 heavy (non-hydrogen) atoms. The third kappa shape index (κ3) is 6.63. The van der Waals surface area contributed by atoms with Crippen molar-refractivity contribution < 1.29 is 5.11 Å². The van der Waals surface area contributed by atoms with Crippen molar-refractivity contribution in [2.45, 2.75) is 0 Å². The number of allylic oxidation sites excluding steroid dienone is 4. The molecular weight excluding hydrogens is 304 g/mol. The molecule has 0 saturated carbocycles. The Bertz CT molecular complexity index is 732. The largest absolute Gasteiger partial charge is 0.508 e. The van der Waals surface area contributed by atoms with Gasteiger partial charge in [-0.05, 0) is 36.4 Å². The van der Waals surface area contributed by atoms with Gasteiger partial charge in [0.25, 0.3) is 0 Å². The number of phenols is 1. The molecule has 3 nitrogen and oxygen atoms in total. The van der Waals surface area contributed by atoms with Gasteiger partial charge >= 0.3 is 0 Å². The van der Waals surface area contributed by atoms with E-state index < -0.39 is 0 Å². The molecule has 1 aromatic heterocycles. The highest BCUT2D eigenvalue weighted by Crippen LogP contribution is 2.15. The first-order valence-electron chi connectivity index (χ1n) is 7.13. The number of hydrogen-bond acceptors (Lipinski definition) is 4. The van der Waals surface area contributed by atoms with Gasteiger partial charge in [-0.25, -0.2) is 4.98 Å². The van der Waals surface area contributed by atoms with Crippen molar-refractivity contribution in [1.29, 1.82) is 0 Å². The number of para-hydroxylation sites is 2. The predicted octanol–water partition coefficient (Wildman–Crippen LogP) is 4.86. The molecule has 2 heterocycles. The molecule has 0 fully saturated rings. The lowest BCUT2D eigenvalue weighted by molar-refractivity contribution is 0.475. The number of aromatic nitrogens is 1. The molecule has 0 atom stereocenters. The molecule has 0 bridgehead atoms. The Kier molecular flexibility index (Phi) is 7.16. The van der Waals surface area contributed by atoms with Crippen molar-refractivity contribution >= 4 is 21.6 Å². The highest BCUT2D eigenvalue weighted by Gasteiger charge is 1.89. The minimum absolute atomic E-state index is 0.322. The number of hydrogen-bond donors (Lipinski definition) is 2. The molecule has 116 valence electrons. The summed E-state index contributed by atoms with van der Waals surface area (Å²) in [6.45, 7) is 0. The van der Waals surface area contributed by atoms with E-state index in [4.69, 9.17) is 5.11 Å². The van der Waals surface area contributed by atoms with Crippen LogP contribution in [0, 0.1) is 0 Å². The summed E-state index contributed by atoms with van der Waals surface area (Å²) < 4.78 is 1.26. The molecule has 0 saturated heterocycles. The van der Waals surface area contributed by atoms with Crippen LogP contribution in [0.3, 0.4) is 0 Å². The maximum atomic E-state index is 8.63. The van der Waals surface area contributed by atoms with Crippen molar-refractivity contribution in [3.05, 3.63) is 96.8 Å². The van der Waals surface area contributed by atoms with Gasteiger partial charge in [0.05, 0.1) is 15.7 Å². The topological polar surface area (TPSA) is 45.1 Å². The zero-order valence-electron chi connectivity index (χ0n) is 12.5. The van der Waals surface area contributed by atoms with E-state index in [1.807, 2.05) is 66.5 Å². The fourth-order valence-corrected chi connectivity index (χ4v) is 2.32. The maximum Gasteiger partial charge on any atom is 0.115 e. The Morgan fingerprint density at radius 3 is 2.04 bits per heavy atom. The van der Waals surface area contributed by atoms with Gasteiger partial charge in [0, 0.05) is 12.4 Å². The summed E-state index contributed by atoms with van der Waals surface area (Å²) in [6.07, 6.45) is 11.6. The van der Waals surface area contributed by atoms with Gasteiger partial charge in [0.1, 0.15) is 5.75 Å². The monoisotopic (exact) mass is 322 g/mol. The summed E-state index contributed by atoms with van der Waals surface area (Å²) in [6, 6.07) is 16.8. The van der Waals surface area contributed by atoms with E-state index in [2.05, 4.69) is 16.4 Å². The van der Waals surface area contributed by atoms with Gasteiger partial charge in [0.15, 0.2) is 0 Å². The molecule has 0 radical (unpaired) electrons. The average Bonchev–Trinajstić information content (AvgIpc) is 2.87.